The molecule has 0 radical (unpaired) electrons. The first kappa shape index (κ1) is 15.3. The highest BCUT2D eigenvalue weighted by molar-refractivity contribution is 8.14. The maximum Gasteiger partial charge on any atom is 0.129 e. The summed E-state index contributed by atoms with van der Waals surface area (Å²) in [5.74, 6) is 0.254. The Morgan fingerprint density at radius 1 is 0.808 bits per heavy atom. The van der Waals surface area contributed by atoms with Gasteiger partial charge in [0.1, 0.15) is 16.2 Å². The minimum absolute atomic E-state index is 0.000561. The van der Waals surface area contributed by atoms with Gasteiger partial charge in [-0.05, 0) is 39.7 Å². The van der Waals surface area contributed by atoms with Crippen LogP contribution in [0.15, 0.2) is 84.0 Å². The summed E-state index contributed by atoms with van der Waals surface area (Å²) in [6.45, 7) is 0. The van der Waals surface area contributed by atoms with Gasteiger partial charge in [-0.15, -0.1) is 0 Å². The quantitative estimate of drug-likeness (QED) is 0.473. The van der Waals surface area contributed by atoms with Crippen LogP contribution in [0.2, 0.25) is 0 Å². The monoisotopic (exact) mass is 356 g/mol. The van der Waals surface area contributed by atoms with E-state index in [0.717, 1.165) is 10.6 Å². The molecule has 1 heterocycles. The Morgan fingerprint density at radius 2 is 1.42 bits per heavy atom. The van der Waals surface area contributed by atoms with Crippen molar-refractivity contribution in [2.24, 2.45) is 5.10 Å². The van der Waals surface area contributed by atoms with Gasteiger partial charge in [-0.3, -0.25) is 5.43 Å². The number of hydrazone groups is 1. The van der Waals surface area contributed by atoms with Crippen LogP contribution in [-0.4, -0.2) is 10.2 Å². The lowest BCUT2D eigenvalue weighted by Crippen LogP contribution is -2.08. The van der Waals surface area contributed by atoms with Crippen LogP contribution < -0.4 is 5.43 Å². The third-order valence-electron chi connectivity index (χ3n) is 4.72. The second-order valence-electron chi connectivity index (χ2n) is 6.29. The van der Waals surface area contributed by atoms with E-state index in [4.69, 9.17) is 0 Å². The van der Waals surface area contributed by atoms with Crippen molar-refractivity contribution >= 4 is 38.4 Å². The van der Waals surface area contributed by atoms with E-state index >= 15 is 0 Å². The van der Waals surface area contributed by atoms with E-state index in [1.165, 1.54) is 27.1 Å². The second-order valence-corrected chi connectivity index (χ2v) is 7.39. The molecule has 1 aliphatic rings. The zero-order chi connectivity index (χ0) is 17.5. The number of nitrogens with zero attached hydrogens (tertiary/aromatic N) is 1. The molecule has 0 saturated carbocycles. The van der Waals surface area contributed by atoms with Crippen molar-refractivity contribution in [3.05, 3.63) is 90.0 Å². The van der Waals surface area contributed by atoms with Gasteiger partial charge in [-0.1, -0.05) is 72.4 Å². The smallest absolute Gasteiger partial charge is 0.129 e. The Hall–Kier alpha value is -2.98. The second kappa shape index (κ2) is 6.07. The van der Waals surface area contributed by atoms with Gasteiger partial charge >= 0.3 is 0 Å². The molecule has 0 amide bonds. The Kier molecular flexibility index (Phi) is 3.57. The van der Waals surface area contributed by atoms with Crippen molar-refractivity contribution in [2.45, 2.75) is 5.37 Å². The zero-order valence-electron chi connectivity index (χ0n) is 13.9. The van der Waals surface area contributed by atoms with E-state index in [-0.39, 0.29) is 11.1 Å². The standard InChI is InChI=1S/C22H16N2OS/c25-19-12-6-5-11-18(19)21-23-24-22(26-21)20-16-9-3-1-7-14(16)13-15-8-2-4-10-17(15)20/h1-13,22,24-25H. The molecule has 3 nitrogen and oxygen atoms in total. The molecule has 4 heteroatoms. The number of nitrogens with one attached hydrogen (secondary N) is 1. The summed E-state index contributed by atoms with van der Waals surface area (Å²) in [5.41, 5.74) is 5.27. The zero-order valence-corrected chi connectivity index (χ0v) is 14.7. The topological polar surface area (TPSA) is 44.6 Å². The summed E-state index contributed by atoms with van der Waals surface area (Å²) in [4.78, 5) is 0. The molecule has 4 aromatic carbocycles. The van der Waals surface area contributed by atoms with Crippen LogP contribution in [0.5, 0.6) is 5.75 Å². The molecule has 0 aliphatic carbocycles. The summed E-state index contributed by atoms with van der Waals surface area (Å²) >= 11 is 1.64. The molecule has 0 fully saturated rings. The number of fused-ring (bicyclic) bond motifs is 2. The number of phenolic OH excluding ortho intramolecular Hbond substituents is 1. The van der Waals surface area contributed by atoms with Gasteiger partial charge in [0.2, 0.25) is 0 Å². The highest BCUT2D eigenvalue weighted by atomic mass is 32.2. The van der Waals surface area contributed by atoms with Gasteiger partial charge in [0.05, 0.1) is 5.56 Å². The highest BCUT2D eigenvalue weighted by Crippen LogP contribution is 2.42. The number of para-hydroxylation sites is 1. The van der Waals surface area contributed by atoms with Gasteiger partial charge in [-0.25, -0.2) is 0 Å². The first-order valence-corrected chi connectivity index (χ1v) is 9.38. The lowest BCUT2D eigenvalue weighted by Gasteiger charge is -2.16. The van der Waals surface area contributed by atoms with Crippen molar-refractivity contribution in [3.8, 4) is 5.75 Å². The SMILES string of the molecule is Oc1ccccc1C1=NNC(c2c3ccccc3cc3ccccc23)S1. The van der Waals surface area contributed by atoms with Crippen LogP contribution in [0.1, 0.15) is 16.5 Å². The average Bonchev–Trinajstić information content (AvgIpc) is 3.16. The molecule has 126 valence electrons. The fourth-order valence-corrected chi connectivity index (χ4v) is 4.62. The highest BCUT2D eigenvalue weighted by Gasteiger charge is 2.26. The van der Waals surface area contributed by atoms with E-state index in [0.29, 0.717) is 0 Å². The van der Waals surface area contributed by atoms with Crippen LogP contribution in [0.25, 0.3) is 21.5 Å². The summed E-state index contributed by atoms with van der Waals surface area (Å²) in [5, 5.41) is 20.4. The van der Waals surface area contributed by atoms with Gasteiger partial charge in [0, 0.05) is 5.56 Å². The lowest BCUT2D eigenvalue weighted by molar-refractivity contribution is 0.474. The Labute approximate surface area is 155 Å². The predicted molar refractivity (Wildman–Crippen MR) is 110 cm³/mol. The largest absolute Gasteiger partial charge is 0.507 e. The number of thioether (sulfide) groups is 1. The van der Waals surface area contributed by atoms with Gasteiger partial charge in [0.15, 0.2) is 0 Å². The van der Waals surface area contributed by atoms with Crippen molar-refractivity contribution in [2.75, 3.05) is 0 Å². The Balaban J connectivity index is 1.65. The van der Waals surface area contributed by atoms with Crippen LogP contribution in [-0.2, 0) is 0 Å². The van der Waals surface area contributed by atoms with Crippen molar-refractivity contribution < 1.29 is 5.11 Å². The molecule has 4 aromatic rings. The fourth-order valence-electron chi connectivity index (χ4n) is 3.51. The minimum atomic E-state index is 0.000561. The van der Waals surface area contributed by atoms with Gasteiger partial charge in [-0.2, -0.15) is 5.10 Å². The summed E-state index contributed by atoms with van der Waals surface area (Å²) < 4.78 is 0. The maximum atomic E-state index is 10.1. The first-order valence-electron chi connectivity index (χ1n) is 8.50. The number of benzene rings is 4. The number of phenols is 1. The first-order chi connectivity index (χ1) is 12.8. The molecule has 5 rings (SSSR count). The molecule has 26 heavy (non-hydrogen) atoms. The normalized spacial score (nSPS) is 16.6. The van der Waals surface area contributed by atoms with Crippen molar-refractivity contribution in [3.63, 3.8) is 0 Å². The molecular weight excluding hydrogens is 340 g/mol. The van der Waals surface area contributed by atoms with Gasteiger partial charge < -0.3 is 5.11 Å². The third-order valence-corrected chi connectivity index (χ3v) is 5.83. The third kappa shape index (κ3) is 2.42. The van der Waals surface area contributed by atoms with Crippen LogP contribution >= 0.6 is 11.8 Å². The number of hydrogen-bond acceptors (Lipinski definition) is 4. The molecule has 0 saturated heterocycles. The van der Waals surface area contributed by atoms with Crippen LogP contribution in [0.3, 0.4) is 0 Å². The average molecular weight is 356 g/mol. The summed E-state index contributed by atoms with van der Waals surface area (Å²) in [6, 6.07) is 26.5. The molecule has 0 aromatic heterocycles. The van der Waals surface area contributed by atoms with E-state index in [1.807, 2.05) is 18.2 Å². The lowest BCUT2D eigenvalue weighted by atomic mass is 9.97. The number of rotatable bonds is 2. The Morgan fingerprint density at radius 3 is 2.12 bits per heavy atom. The number of hydrogen-bond donors (Lipinski definition) is 2. The Bertz CT molecular complexity index is 1120. The van der Waals surface area contributed by atoms with Crippen molar-refractivity contribution in [1.82, 2.24) is 5.43 Å². The fraction of sp³-hybridized carbons (Fsp3) is 0.0455. The molecule has 2 N–H and O–H groups in total. The van der Waals surface area contributed by atoms with Crippen LogP contribution in [0, 0.1) is 0 Å². The van der Waals surface area contributed by atoms with Crippen molar-refractivity contribution in [1.29, 1.82) is 0 Å². The molecule has 1 unspecified atom stereocenters. The molecule has 0 bridgehead atoms. The molecule has 1 aliphatic heterocycles. The molecule has 0 spiro atoms. The van der Waals surface area contributed by atoms with Gasteiger partial charge in [0.25, 0.3) is 0 Å². The van der Waals surface area contributed by atoms with E-state index in [2.05, 4.69) is 65.1 Å². The maximum absolute atomic E-state index is 10.1. The summed E-state index contributed by atoms with van der Waals surface area (Å²) in [6.07, 6.45) is 0. The van der Waals surface area contributed by atoms with E-state index in [1.54, 1.807) is 17.8 Å². The molecule has 1 atom stereocenters. The number of aromatic hydroxyl groups is 1. The minimum Gasteiger partial charge on any atom is -0.507 e. The van der Waals surface area contributed by atoms with E-state index < -0.39 is 0 Å². The van der Waals surface area contributed by atoms with E-state index in [9.17, 15) is 5.11 Å². The van der Waals surface area contributed by atoms with Crippen LogP contribution in [0.4, 0.5) is 0 Å². The predicted octanol–water partition coefficient (Wildman–Crippen LogP) is 5.40. The summed E-state index contributed by atoms with van der Waals surface area (Å²) in [7, 11) is 0. The molecular formula is C22H16N2OS.